The highest BCUT2D eigenvalue weighted by molar-refractivity contribution is 7.10. The van der Waals surface area contributed by atoms with Crippen molar-refractivity contribution in [3.05, 3.63) is 58.2 Å². The molecule has 5 nitrogen and oxygen atoms in total. The Morgan fingerprint density at radius 2 is 2.20 bits per heavy atom. The minimum Gasteiger partial charge on any atom is -0.419 e. The van der Waals surface area contributed by atoms with Gasteiger partial charge in [0.15, 0.2) is 0 Å². The van der Waals surface area contributed by atoms with Crippen LogP contribution < -0.4 is 5.32 Å². The summed E-state index contributed by atoms with van der Waals surface area (Å²) in [6.45, 7) is 0.556. The molecule has 0 saturated carbocycles. The van der Waals surface area contributed by atoms with E-state index in [1.54, 1.807) is 23.5 Å². The van der Waals surface area contributed by atoms with Gasteiger partial charge in [0, 0.05) is 17.0 Å². The van der Waals surface area contributed by atoms with Crippen LogP contribution in [0, 0.1) is 17.1 Å². The van der Waals surface area contributed by atoms with Crippen LogP contribution in [-0.2, 0) is 0 Å². The number of anilines is 1. The molecule has 0 aliphatic carbocycles. The molecule has 1 atom stereocenters. The monoisotopic (exact) mass is 356 g/mol. The lowest BCUT2D eigenvalue weighted by atomic mass is 10.2. The summed E-state index contributed by atoms with van der Waals surface area (Å²) in [7, 11) is 3.99. The van der Waals surface area contributed by atoms with E-state index in [2.05, 4.69) is 21.3 Å². The zero-order valence-corrected chi connectivity index (χ0v) is 14.7. The predicted octanol–water partition coefficient (Wildman–Crippen LogP) is 4.13. The third kappa shape index (κ3) is 3.87. The highest BCUT2D eigenvalue weighted by atomic mass is 32.1. The molecule has 0 fully saturated rings. The van der Waals surface area contributed by atoms with E-state index < -0.39 is 0 Å². The fourth-order valence-electron chi connectivity index (χ4n) is 2.47. The summed E-state index contributed by atoms with van der Waals surface area (Å²) in [5, 5.41) is 14.5. The van der Waals surface area contributed by atoms with Gasteiger partial charge >= 0.3 is 0 Å². The predicted molar refractivity (Wildman–Crippen MR) is 95.8 cm³/mol. The molecule has 1 N–H and O–H groups in total. The van der Waals surface area contributed by atoms with Gasteiger partial charge in [-0.25, -0.2) is 4.39 Å². The van der Waals surface area contributed by atoms with Crippen molar-refractivity contribution in [1.82, 2.24) is 9.88 Å². The molecule has 0 saturated heterocycles. The van der Waals surface area contributed by atoms with Gasteiger partial charge in [0.1, 0.15) is 11.9 Å². The lowest BCUT2D eigenvalue weighted by Crippen LogP contribution is -2.26. The molecule has 3 rings (SSSR count). The number of oxazole rings is 1. The number of hydrogen-bond acceptors (Lipinski definition) is 6. The van der Waals surface area contributed by atoms with Gasteiger partial charge in [0.2, 0.25) is 17.5 Å². The first-order chi connectivity index (χ1) is 12.1. The first-order valence-electron chi connectivity index (χ1n) is 7.69. The molecule has 0 bridgehead atoms. The SMILES string of the molecule is CN(C)[C@H](CNc1oc(-c2cccc(F)c2)nc1C#N)c1cccs1. The number of benzene rings is 1. The molecule has 0 amide bonds. The Morgan fingerprint density at radius 1 is 1.36 bits per heavy atom. The average molecular weight is 356 g/mol. The van der Waals surface area contributed by atoms with E-state index >= 15 is 0 Å². The molecule has 25 heavy (non-hydrogen) atoms. The number of nitriles is 1. The van der Waals surface area contributed by atoms with Crippen molar-refractivity contribution >= 4 is 17.2 Å². The van der Waals surface area contributed by atoms with Crippen LogP contribution in [0.15, 0.2) is 46.2 Å². The van der Waals surface area contributed by atoms with E-state index in [0.29, 0.717) is 18.0 Å². The van der Waals surface area contributed by atoms with Gasteiger partial charge in [-0.1, -0.05) is 12.1 Å². The van der Waals surface area contributed by atoms with Crippen molar-refractivity contribution in [2.75, 3.05) is 26.0 Å². The first-order valence-corrected chi connectivity index (χ1v) is 8.57. The fraction of sp³-hybridized carbons (Fsp3) is 0.222. The molecule has 3 aromatic rings. The second-order valence-corrected chi connectivity index (χ2v) is 6.67. The zero-order valence-electron chi connectivity index (χ0n) is 13.9. The molecule has 2 heterocycles. The van der Waals surface area contributed by atoms with E-state index in [9.17, 15) is 9.65 Å². The third-order valence-electron chi connectivity index (χ3n) is 3.76. The summed E-state index contributed by atoms with van der Waals surface area (Å²) in [5.74, 6) is 0.135. The number of nitrogens with zero attached hydrogens (tertiary/aromatic N) is 3. The van der Waals surface area contributed by atoms with Crippen molar-refractivity contribution in [3.8, 4) is 17.5 Å². The van der Waals surface area contributed by atoms with Crippen LogP contribution in [0.1, 0.15) is 16.6 Å². The van der Waals surface area contributed by atoms with Gasteiger partial charge in [-0.15, -0.1) is 11.3 Å². The van der Waals surface area contributed by atoms with E-state index in [0.717, 1.165) is 0 Å². The highest BCUT2D eigenvalue weighted by Crippen LogP contribution is 2.28. The van der Waals surface area contributed by atoms with Crippen LogP contribution >= 0.6 is 11.3 Å². The van der Waals surface area contributed by atoms with E-state index in [-0.39, 0.29) is 23.4 Å². The Morgan fingerprint density at radius 3 is 2.84 bits per heavy atom. The van der Waals surface area contributed by atoms with E-state index in [1.165, 1.54) is 17.0 Å². The number of nitrogens with one attached hydrogen (secondary N) is 1. The molecular weight excluding hydrogens is 339 g/mol. The lowest BCUT2D eigenvalue weighted by Gasteiger charge is -2.23. The van der Waals surface area contributed by atoms with Gasteiger partial charge in [-0.2, -0.15) is 10.2 Å². The van der Waals surface area contributed by atoms with Gasteiger partial charge in [-0.05, 0) is 43.7 Å². The summed E-state index contributed by atoms with van der Waals surface area (Å²) in [6, 6.07) is 12.2. The Bertz CT molecular complexity index is 883. The fourth-order valence-corrected chi connectivity index (χ4v) is 3.39. The molecule has 0 spiro atoms. The second-order valence-electron chi connectivity index (χ2n) is 5.69. The van der Waals surface area contributed by atoms with Crippen molar-refractivity contribution < 1.29 is 8.81 Å². The zero-order chi connectivity index (χ0) is 17.8. The molecular formula is C18H17FN4OS. The highest BCUT2D eigenvalue weighted by Gasteiger charge is 2.19. The molecule has 0 aliphatic heterocycles. The maximum atomic E-state index is 13.4. The van der Waals surface area contributed by atoms with Crippen LogP contribution in [0.4, 0.5) is 10.3 Å². The average Bonchev–Trinajstić information content (AvgIpc) is 3.24. The van der Waals surface area contributed by atoms with E-state index in [1.807, 2.05) is 31.6 Å². The number of halogens is 1. The number of thiophene rings is 1. The minimum absolute atomic E-state index is 0.134. The van der Waals surface area contributed by atoms with Crippen molar-refractivity contribution in [2.24, 2.45) is 0 Å². The minimum atomic E-state index is -0.380. The first kappa shape index (κ1) is 17.1. The molecule has 1 aromatic carbocycles. The topological polar surface area (TPSA) is 65.1 Å². The number of hydrogen-bond donors (Lipinski definition) is 1. The molecule has 128 valence electrons. The molecule has 0 aliphatic rings. The maximum Gasteiger partial charge on any atom is 0.232 e. The molecule has 0 radical (unpaired) electrons. The van der Waals surface area contributed by atoms with Crippen LogP contribution in [0.25, 0.3) is 11.5 Å². The summed E-state index contributed by atoms with van der Waals surface area (Å²) in [4.78, 5) is 7.46. The number of aromatic nitrogens is 1. The van der Waals surface area contributed by atoms with Crippen LogP contribution in [0.3, 0.4) is 0 Å². The maximum absolute atomic E-state index is 13.4. The quantitative estimate of drug-likeness (QED) is 0.719. The van der Waals surface area contributed by atoms with Gasteiger partial charge in [0.25, 0.3) is 0 Å². The third-order valence-corrected chi connectivity index (χ3v) is 4.73. The Labute approximate surface area is 149 Å². The van der Waals surface area contributed by atoms with Gasteiger partial charge in [0.05, 0.1) is 6.04 Å². The normalized spacial score (nSPS) is 12.1. The van der Waals surface area contributed by atoms with Crippen LogP contribution in [0.2, 0.25) is 0 Å². The van der Waals surface area contributed by atoms with Crippen molar-refractivity contribution in [2.45, 2.75) is 6.04 Å². The smallest absolute Gasteiger partial charge is 0.232 e. The Kier molecular flexibility index (Phi) is 5.12. The number of likely N-dealkylation sites (N-methyl/N-ethyl adjacent to an activating group) is 1. The summed E-state index contributed by atoms with van der Waals surface area (Å²) < 4.78 is 19.1. The Balaban J connectivity index is 1.82. The van der Waals surface area contributed by atoms with Crippen molar-refractivity contribution in [1.29, 1.82) is 5.26 Å². The van der Waals surface area contributed by atoms with E-state index in [4.69, 9.17) is 4.42 Å². The molecule has 7 heteroatoms. The summed E-state index contributed by atoms with van der Waals surface area (Å²) in [6.07, 6.45) is 0. The van der Waals surface area contributed by atoms with Crippen LogP contribution in [0.5, 0.6) is 0 Å². The second kappa shape index (κ2) is 7.47. The van der Waals surface area contributed by atoms with Crippen molar-refractivity contribution in [3.63, 3.8) is 0 Å². The molecule has 0 unspecified atom stereocenters. The summed E-state index contributed by atoms with van der Waals surface area (Å²) >= 11 is 1.67. The number of rotatable bonds is 6. The molecule has 2 aromatic heterocycles. The standard InChI is InChI=1S/C18H17FN4OS/c1-23(2)15(16-7-4-8-25-16)11-21-18-14(10-20)22-17(24-18)12-5-3-6-13(19)9-12/h3-9,15,21H,11H2,1-2H3/t15-/m1/s1. The summed E-state index contributed by atoms with van der Waals surface area (Å²) in [5.41, 5.74) is 0.648. The lowest BCUT2D eigenvalue weighted by molar-refractivity contribution is 0.315. The van der Waals surface area contributed by atoms with Crippen LogP contribution in [-0.4, -0.2) is 30.5 Å². The Hall–Kier alpha value is -2.69. The van der Waals surface area contributed by atoms with Gasteiger partial charge in [-0.3, -0.25) is 0 Å². The van der Waals surface area contributed by atoms with Gasteiger partial charge < -0.3 is 14.6 Å². The largest absolute Gasteiger partial charge is 0.419 e.